The van der Waals surface area contributed by atoms with Gasteiger partial charge < -0.3 is 20.1 Å². The van der Waals surface area contributed by atoms with Gasteiger partial charge in [0.25, 0.3) is 0 Å². The van der Waals surface area contributed by atoms with Crippen LogP contribution >= 0.6 is 11.3 Å². The Morgan fingerprint density at radius 3 is 2.54 bits per heavy atom. The molecule has 7 heteroatoms. The molecule has 0 aliphatic carbocycles. The van der Waals surface area contributed by atoms with Crippen LogP contribution in [0, 0.1) is 5.41 Å². The molecule has 146 valence electrons. The smallest absolute Gasteiger partial charge is 0.409 e. The fourth-order valence-electron chi connectivity index (χ4n) is 3.01. The van der Waals surface area contributed by atoms with Crippen molar-refractivity contribution < 1.29 is 14.3 Å². The number of benzene rings is 2. The van der Waals surface area contributed by atoms with Gasteiger partial charge >= 0.3 is 6.09 Å². The normalized spacial score (nSPS) is 13.0. The summed E-state index contributed by atoms with van der Waals surface area (Å²) in [4.78, 5) is 14.3. The third-order valence-corrected chi connectivity index (χ3v) is 5.81. The number of likely N-dealkylation sites (N-methyl/N-ethyl adjacent to an activating group) is 1. The molecule has 0 radical (unpaired) electrons. The van der Waals surface area contributed by atoms with E-state index in [-0.39, 0.29) is 11.9 Å². The summed E-state index contributed by atoms with van der Waals surface area (Å²) in [6.07, 6.45) is -0.832. The highest BCUT2D eigenvalue weighted by Crippen LogP contribution is 2.36. The molecule has 0 saturated heterocycles. The highest BCUT2D eigenvalue weighted by atomic mass is 32.1. The number of hydrogen-bond acceptors (Lipinski definition) is 5. The number of fused-ring (bicyclic) bond motifs is 1. The van der Waals surface area contributed by atoms with Gasteiger partial charge in [0.15, 0.2) is 0 Å². The second kappa shape index (κ2) is 8.31. The average molecular weight is 398 g/mol. The van der Waals surface area contributed by atoms with Gasteiger partial charge in [-0.3, -0.25) is 5.41 Å². The van der Waals surface area contributed by atoms with Gasteiger partial charge in [-0.25, -0.2) is 4.79 Å². The maximum Gasteiger partial charge on any atom is 0.409 e. The Bertz CT molecular complexity index is 987. The first-order valence-electron chi connectivity index (χ1n) is 8.81. The number of amidine groups is 1. The van der Waals surface area contributed by atoms with Gasteiger partial charge in [0.2, 0.25) is 0 Å². The maximum atomic E-state index is 12.0. The first kappa shape index (κ1) is 19.7. The van der Waals surface area contributed by atoms with Crippen molar-refractivity contribution >= 4 is 33.4 Å². The molecule has 0 fully saturated rings. The number of ether oxygens (including phenoxy) is 2. The number of thiophene rings is 1. The molecule has 0 aliphatic heterocycles. The molecule has 1 aromatic heterocycles. The first-order valence-corrected chi connectivity index (χ1v) is 9.63. The molecule has 2 aromatic carbocycles. The summed E-state index contributed by atoms with van der Waals surface area (Å²) < 4.78 is 12.3. The molecule has 28 heavy (non-hydrogen) atoms. The lowest BCUT2D eigenvalue weighted by Gasteiger charge is -2.32. The van der Waals surface area contributed by atoms with Crippen molar-refractivity contribution in [1.82, 2.24) is 4.90 Å². The van der Waals surface area contributed by atoms with Crippen LogP contribution in [0.25, 0.3) is 10.1 Å². The van der Waals surface area contributed by atoms with E-state index in [1.807, 2.05) is 61.5 Å². The molecule has 0 aliphatic rings. The molecular formula is C21H23N3O3S. The molecule has 0 spiro atoms. The highest BCUT2D eigenvalue weighted by molar-refractivity contribution is 7.20. The van der Waals surface area contributed by atoms with Gasteiger partial charge in [-0.15, -0.1) is 11.3 Å². The lowest BCUT2D eigenvalue weighted by molar-refractivity contribution is 0.0729. The molecular weight excluding hydrogens is 374 g/mol. The number of amides is 1. The molecule has 0 saturated carbocycles. The summed E-state index contributed by atoms with van der Waals surface area (Å²) in [5.74, 6) is 0.714. The number of carbonyl (C=O) groups excluding carboxylic acids is 1. The number of rotatable bonds is 6. The number of nitrogen functional groups attached to an aromatic ring is 1. The van der Waals surface area contributed by atoms with Crippen LogP contribution in [0.1, 0.15) is 23.5 Å². The summed E-state index contributed by atoms with van der Waals surface area (Å²) in [5, 5.41) is 8.59. The van der Waals surface area contributed by atoms with Crippen molar-refractivity contribution in [2.75, 3.05) is 14.2 Å². The Morgan fingerprint density at radius 1 is 1.18 bits per heavy atom. The molecule has 3 aromatic rings. The van der Waals surface area contributed by atoms with Crippen LogP contribution in [-0.4, -0.2) is 37.0 Å². The summed E-state index contributed by atoms with van der Waals surface area (Å²) in [7, 11) is 3.05. The maximum absolute atomic E-state index is 12.0. The Labute approximate surface area is 168 Å². The standard InChI is InChI=1S/C21H23N3O3S/c1-13(24(2)21(25)26-3)19(14-8-5-4-6-9-14)27-16-10-7-11-17-15(16)12-18(28-17)20(22)23/h4-13,19H,1-3H3,(H3,22,23)/t13-,19-/m0/s1. The largest absolute Gasteiger partial charge is 0.483 e. The van der Waals surface area contributed by atoms with Crippen molar-refractivity contribution in [3.05, 3.63) is 65.0 Å². The third kappa shape index (κ3) is 3.94. The quantitative estimate of drug-likeness (QED) is 0.477. The number of nitrogens with two attached hydrogens (primary N) is 1. The van der Waals surface area contributed by atoms with Gasteiger partial charge in [-0.05, 0) is 30.7 Å². The van der Waals surface area contributed by atoms with Gasteiger partial charge in [0, 0.05) is 17.1 Å². The van der Waals surface area contributed by atoms with Gasteiger partial charge in [-0.2, -0.15) is 0 Å². The van der Waals surface area contributed by atoms with Crippen molar-refractivity contribution in [1.29, 1.82) is 5.41 Å². The van der Waals surface area contributed by atoms with E-state index < -0.39 is 12.2 Å². The zero-order valence-corrected chi connectivity index (χ0v) is 16.8. The SMILES string of the molecule is COC(=O)N(C)[C@@H](C)[C@H](Oc1cccc2sc(C(=N)N)cc12)c1ccccc1. The molecule has 1 amide bonds. The zero-order chi connectivity index (χ0) is 20.3. The van der Waals surface area contributed by atoms with E-state index in [1.54, 1.807) is 7.05 Å². The summed E-state index contributed by atoms with van der Waals surface area (Å²) in [6, 6.07) is 17.1. The molecule has 1 heterocycles. The van der Waals surface area contributed by atoms with Crippen LogP contribution < -0.4 is 10.5 Å². The summed E-state index contributed by atoms with van der Waals surface area (Å²) in [6.45, 7) is 1.92. The van der Waals surface area contributed by atoms with E-state index in [0.29, 0.717) is 10.6 Å². The van der Waals surface area contributed by atoms with Crippen LogP contribution in [0.15, 0.2) is 54.6 Å². The summed E-state index contributed by atoms with van der Waals surface area (Å²) in [5.41, 5.74) is 6.60. The van der Waals surface area contributed by atoms with Crippen LogP contribution in [0.4, 0.5) is 4.79 Å². The molecule has 0 bridgehead atoms. The third-order valence-electron chi connectivity index (χ3n) is 4.68. The zero-order valence-electron chi connectivity index (χ0n) is 16.0. The minimum Gasteiger partial charge on any atom is -0.483 e. The Balaban J connectivity index is 2.01. The first-order chi connectivity index (χ1) is 13.4. The van der Waals surface area contributed by atoms with Crippen LogP contribution in [0.5, 0.6) is 5.75 Å². The van der Waals surface area contributed by atoms with Crippen LogP contribution in [0.2, 0.25) is 0 Å². The van der Waals surface area contributed by atoms with E-state index in [0.717, 1.165) is 15.6 Å². The van der Waals surface area contributed by atoms with Gasteiger partial charge in [-0.1, -0.05) is 36.4 Å². The number of carbonyl (C=O) groups is 1. The Kier molecular flexibility index (Phi) is 5.84. The molecule has 3 rings (SSSR count). The lowest BCUT2D eigenvalue weighted by Crippen LogP contribution is -2.40. The number of nitrogens with zero attached hydrogens (tertiary/aromatic N) is 1. The second-order valence-electron chi connectivity index (χ2n) is 6.46. The van der Waals surface area contributed by atoms with E-state index in [1.165, 1.54) is 23.3 Å². The number of hydrogen-bond donors (Lipinski definition) is 2. The van der Waals surface area contributed by atoms with E-state index >= 15 is 0 Å². The van der Waals surface area contributed by atoms with Crippen molar-refractivity contribution in [3.63, 3.8) is 0 Å². The van der Waals surface area contributed by atoms with Crippen molar-refractivity contribution in [2.45, 2.75) is 19.1 Å². The summed E-state index contributed by atoms with van der Waals surface area (Å²) >= 11 is 1.45. The molecule has 0 unspecified atom stereocenters. The predicted molar refractivity (Wildman–Crippen MR) is 112 cm³/mol. The van der Waals surface area contributed by atoms with Crippen LogP contribution in [0.3, 0.4) is 0 Å². The lowest BCUT2D eigenvalue weighted by atomic mass is 10.0. The monoisotopic (exact) mass is 397 g/mol. The number of methoxy groups -OCH3 is 1. The highest BCUT2D eigenvalue weighted by Gasteiger charge is 2.28. The average Bonchev–Trinajstić information content (AvgIpc) is 3.16. The fourth-order valence-corrected chi connectivity index (χ4v) is 3.95. The molecule has 6 nitrogen and oxygen atoms in total. The van der Waals surface area contributed by atoms with Crippen molar-refractivity contribution in [3.8, 4) is 5.75 Å². The predicted octanol–water partition coefficient (Wildman–Crippen LogP) is 4.39. The number of nitrogens with one attached hydrogen (secondary N) is 1. The minimum atomic E-state index is -0.426. The van der Waals surface area contributed by atoms with Crippen LogP contribution in [-0.2, 0) is 4.74 Å². The van der Waals surface area contributed by atoms with E-state index in [2.05, 4.69) is 0 Å². The second-order valence-corrected chi connectivity index (χ2v) is 7.55. The van der Waals surface area contributed by atoms with E-state index in [9.17, 15) is 4.79 Å². The molecule has 2 atom stereocenters. The van der Waals surface area contributed by atoms with Gasteiger partial charge in [0.05, 0.1) is 18.0 Å². The van der Waals surface area contributed by atoms with Gasteiger partial charge in [0.1, 0.15) is 17.7 Å². The Hall–Kier alpha value is -3.06. The topological polar surface area (TPSA) is 88.6 Å². The Morgan fingerprint density at radius 2 is 1.89 bits per heavy atom. The van der Waals surface area contributed by atoms with E-state index in [4.69, 9.17) is 20.6 Å². The van der Waals surface area contributed by atoms with Crippen molar-refractivity contribution in [2.24, 2.45) is 5.73 Å². The minimum absolute atomic E-state index is 0.0329. The fraction of sp³-hybridized carbons (Fsp3) is 0.238. The molecule has 3 N–H and O–H groups in total.